The summed E-state index contributed by atoms with van der Waals surface area (Å²) in [6, 6.07) is 33.8. The zero-order chi connectivity index (χ0) is 29.7. The van der Waals surface area contributed by atoms with Crippen LogP contribution in [0.4, 0.5) is 0 Å². The van der Waals surface area contributed by atoms with Crippen molar-refractivity contribution in [3.63, 3.8) is 0 Å². The Hall–Kier alpha value is -3.46. The molecule has 2 atom stereocenters. The van der Waals surface area contributed by atoms with Gasteiger partial charge in [0.05, 0.1) is 0 Å². The summed E-state index contributed by atoms with van der Waals surface area (Å²) in [4.78, 5) is 0. The van der Waals surface area contributed by atoms with E-state index in [1.54, 1.807) is 27.7 Å². The minimum absolute atomic E-state index is 0.334. The molecule has 0 aliphatic carbocycles. The highest BCUT2D eigenvalue weighted by Gasteiger charge is 2.31. The van der Waals surface area contributed by atoms with Crippen molar-refractivity contribution in [2.75, 3.05) is 0 Å². The van der Waals surface area contributed by atoms with Crippen LogP contribution in [0, 0.1) is 0 Å². The molecule has 4 aromatic rings. The van der Waals surface area contributed by atoms with Gasteiger partial charge in [-0.25, -0.2) is 0 Å². The molecule has 2 unspecified atom stereocenters. The lowest BCUT2D eigenvalue weighted by atomic mass is 9.78. The first kappa shape index (κ1) is 30.5. The zero-order valence-corrected chi connectivity index (χ0v) is 26.3. The standard InChI is InChI=1S/C33H38O6P2/c1-31(2,25-17-21-29(22-18-25)38-40(34)32(3,4)36-27-13-9-7-10-14-27)26-19-23-30(24-20-26)39-41(35)33(5,6)37-28-15-11-8-12-16-28/h7-24,40-41H,1-6H3. The first-order valence-electron chi connectivity index (χ1n) is 13.5. The van der Waals surface area contributed by atoms with E-state index in [0.717, 1.165) is 11.1 Å². The molecule has 0 spiro atoms. The molecule has 4 rings (SSSR count). The summed E-state index contributed by atoms with van der Waals surface area (Å²) >= 11 is 0. The van der Waals surface area contributed by atoms with E-state index in [1.807, 2.05) is 109 Å². The van der Waals surface area contributed by atoms with Crippen molar-refractivity contribution in [2.45, 2.75) is 57.6 Å². The highest BCUT2D eigenvalue weighted by molar-refractivity contribution is 7.41. The molecule has 0 aliphatic heterocycles. The molecule has 216 valence electrons. The number of ether oxygens (including phenoxy) is 2. The largest absolute Gasteiger partial charge is 0.477 e. The first-order chi connectivity index (χ1) is 19.4. The van der Waals surface area contributed by atoms with Gasteiger partial charge >= 0.3 is 0 Å². The van der Waals surface area contributed by atoms with Crippen LogP contribution in [-0.4, -0.2) is 10.7 Å². The molecule has 0 aromatic heterocycles. The maximum absolute atomic E-state index is 13.0. The van der Waals surface area contributed by atoms with E-state index in [2.05, 4.69) is 13.8 Å². The third-order valence-electron chi connectivity index (χ3n) is 6.79. The summed E-state index contributed by atoms with van der Waals surface area (Å²) in [5.41, 5.74) is 1.78. The fourth-order valence-corrected chi connectivity index (χ4v) is 5.75. The third-order valence-corrected chi connectivity index (χ3v) is 9.80. The summed E-state index contributed by atoms with van der Waals surface area (Å²) in [5.74, 6) is 2.33. The van der Waals surface area contributed by atoms with Crippen LogP contribution in [0.2, 0.25) is 0 Å². The maximum Gasteiger partial charge on any atom is 0.278 e. The Balaban J connectivity index is 1.38. The highest BCUT2D eigenvalue weighted by atomic mass is 31.1. The van der Waals surface area contributed by atoms with Gasteiger partial charge in [0.15, 0.2) is 10.7 Å². The van der Waals surface area contributed by atoms with Gasteiger partial charge in [0.25, 0.3) is 16.1 Å². The first-order valence-corrected chi connectivity index (χ1v) is 16.1. The molecule has 8 heteroatoms. The van der Waals surface area contributed by atoms with Crippen LogP contribution < -0.4 is 18.5 Å². The Labute approximate surface area is 244 Å². The van der Waals surface area contributed by atoms with Gasteiger partial charge in [-0.1, -0.05) is 74.5 Å². The van der Waals surface area contributed by atoms with Crippen LogP contribution in [0.5, 0.6) is 23.0 Å². The Kier molecular flexibility index (Phi) is 9.37. The Morgan fingerprint density at radius 3 is 1.07 bits per heavy atom. The van der Waals surface area contributed by atoms with Crippen molar-refractivity contribution < 1.29 is 27.7 Å². The fraction of sp³-hybridized carbons (Fsp3) is 0.273. The number of hydrogen-bond donors (Lipinski definition) is 0. The molecule has 0 saturated carbocycles. The predicted molar refractivity (Wildman–Crippen MR) is 167 cm³/mol. The smallest absolute Gasteiger partial charge is 0.278 e. The van der Waals surface area contributed by atoms with E-state index in [4.69, 9.17) is 18.5 Å². The molecule has 0 bridgehead atoms. The average molecular weight is 593 g/mol. The molecule has 0 aliphatic rings. The lowest BCUT2D eigenvalue weighted by Gasteiger charge is -2.28. The van der Waals surface area contributed by atoms with E-state index in [9.17, 15) is 9.13 Å². The molecule has 0 fully saturated rings. The van der Waals surface area contributed by atoms with Crippen molar-refractivity contribution in [2.24, 2.45) is 0 Å². The van der Waals surface area contributed by atoms with Crippen LogP contribution in [0.1, 0.15) is 52.7 Å². The molecular formula is C33H38O6P2. The quantitative estimate of drug-likeness (QED) is 0.153. The van der Waals surface area contributed by atoms with Gasteiger partial charge in [-0.05, 0) is 87.4 Å². The van der Waals surface area contributed by atoms with Gasteiger partial charge < -0.3 is 18.5 Å². The van der Waals surface area contributed by atoms with E-state index >= 15 is 0 Å². The van der Waals surface area contributed by atoms with E-state index in [-0.39, 0.29) is 5.41 Å². The lowest BCUT2D eigenvalue weighted by molar-refractivity contribution is 0.184. The van der Waals surface area contributed by atoms with Crippen LogP contribution in [0.25, 0.3) is 0 Å². The monoisotopic (exact) mass is 592 g/mol. The lowest BCUT2D eigenvalue weighted by Crippen LogP contribution is -2.25. The second kappa shape index (κ2) is 12.6. The molecule has 4 aromatic carbocycles. The van der Waals surface area contributed by atoms with Crippen molar-refractivity contribution in [3.8, 4) is 23.0 Å². The minimum atomic E-state index is -2.58. The molecule has 41 heavy (non-hydrogen) atoms. The normalized spacial score (nSPS) is 13.6. The Bertz CT molecular complexity index is 1350. The number of para-hydroxylation sites is 2. The van der Waals surface area contributed by atoms with E-state index in [1.165, 1.54) is 0 Å². The van der Waals surface area contributed by atoms with Gasteiger partial charge in [0.2, 0.25) is 0 Å². The number of benzene rings is 4. The van der Waals surface area contributed by atoms with Crippen LogP contribution >= 0.6 is 16.1 Å². The van der Waals surface area contributed by atoms with E-state index < -0.39 is 26.7 Å². The van der Waals surface area contributed by atoms with Gasteiger partial charge in [0, 0.05) is 5.41 Å². The van der Waals surface area contributed by atoms with Crippen molar-refractivity contribution in [1.82, 2.24) is 0 Å². The third kappa shape index (κ3) is 7.85. The molecule has 0 saturated heterocycles. The van der Waals surface area contributed by atoms with Gasteiger partial charge in [-0.3, -0.25) is 9.13 Å². The zero-order valence-electron chi connectivity index (χ0n) is 24.3. The SMILES string of the molecule is CC(C)(c1ccc(O[PH](=O)C(C)(C)Oc2ccccc2)cc1)c1ccc(O[PH](=O)C(C)(C)Oc2ccccc2)cc1. The molecule has 0 N–H and O–H groups in total. The van der Waals surface area contributed by atoms with Crippen molar-refractivity contribution >= 4 is 16.1 Å². The van der Waals surface area contributed by atoms with Crippen molar-refractivity contribution in [1.29, 1.82) is 0 Å². The van der Waals surface area contributed by atoms with Gasteiger partial charge in [0.1, 0.15) is 23.0 Å². The maximum atomic E-state index is 13.0. The second-order valence-electron chi connectivity index (χ2n) is 11.3. The van der Waals surface area contributed by atoms with Crippen molar-refractivity contribution in [3.05, 3.63) is 120 Å². The Morgan fingerprint density at radius 2 is 0.756 bits per heavy atom. The molecule has 0 heterocycles. The fourth-order valence-electron chi connectivity index (χ4n) is 4.16. The Morgan fingerprint density at radius 1 is 0.439 bits per heavy atom. The summed E-state index contributed by atoms with van der Waals surface area (Å²) in [7, 11) is -5.15. The minimum Gasteiger partial charge on any atom is -0.477 e. The summed E-state index contributed by atoms with van der Waals surface area (Å²) < 4.78 is 49.5. The molecule has 0 amide bonds. The average Bonchev–Trinajstić information content (AvgIpc) is 2.94. The topological polar surface area (TPSA) is 71.1 Å². The van der Waals surface area contributed by atoms with Crippen LogP contribution in [0.15, 0.2) is 109 Å². The number of rotatable bonds is 12. The van der Waals surface area contributed by atoms with Crippen LogP contribution in [0.3, 0.4) is 0 Å². The van der Waals surface area contributed by atoms with Gasteiger partial charge in [-0.15, -0.1) is 0 Å². The molecule has 6 nitrogen and oxygen atoms in total. The predicted octanol–water partition coefficient (Wildman–Crippen LogP) is 9.35. The summed E-state index contributed by atoms with van der Waals surface area (Å²) in [5, 5.41) is -1.94. The van der Waals surface area contributed by atoms with Gasteiger partial charge in [-0.2, -0.15) is 0 Å². The van der Waals surface area contributed by atoms with E-state index in [0.29, 0.717) is 23.0 Å². The molecule has 0 radical (unpaired) electrons. The molecular weight excluding hydrogens is 554 g/mol. The number of hydrogen-bond acceptors (Lipinski definition) is 6. The highest BCUT2D eigenvalue weighted by Crippen LogP contribution is 2.44. The second-order valence-corrected chi connectivity index (χ2v) is 15.3. The summed E-state index contributed by atoms with van der Waals surface area (Å²) in [6.07, 6.45) is 0. The summed E-state index contributed by atoms with van der Waals surface area (Å²) in [6.45, 7) is 11.3. The van der Waals surface area contributed by atoms with Crippen LogP contribution in [-0.2, 0) is 14.5 Å².